The molecule has 72 valence electrons. The number of ether oxygens (including phenoxy) is 1. The predicted octanol–water partition coefficient (Wildman–Crippen LogP) is 2.07. The van der Waals surface area contributed by atoms with Gasteiger partial charge in [-0.15, -0.1) is 0 Å². The maximum atomic E-state index is 9.38. The molecule has 0 aliphatic rings. The zero-order valence-corrected chi connectivity index (χ0v) is 8.00. The molecule has 0 saturated carbocycles. The number of phenolic OH excluding ortho intramolecular Hbond substituents is 1. The third-order valence-electron chi connectivity index (χ3n) is 1.81. The van der Waals surface area contributed by atoms with Crippen LogP contribution in [0.3, 0.4) is 0 Å². The van der Waals surface area contributed by atoms with Crippen LogP contribution < -0.4 is 10.5 Å². The van der Waals surface area contributed by atoms with E-state index in [2.05, 4.69) is 0 Å². The van der Waals surface area contributed by atoms with Gasteiger partial charge in [0, 0.05) is 6.07 Å². The maximum absolute atomic E-state index is 9.38. The molecule has 0 aromatic heterocycles. The topological polar surface area (TPSA) is 55.5 Å². The molecule has 1 aromatic rings. The lowest BCUT2D eigenvalue weighted by Gasteiger charge is -2.08. The van der Waals surface area contributed by atoms with Crippen molar-refractivity contribution in [2.45, 2.75) is 20.3 Å². The second-order valence-corrected chi connectivity index (χ2v) is 3.02. The highest BCUT2D eigenvalue weighted by atomic mass is 16.5. The number of nitrogens with two attached hydrogens (primary N) is 1. The molecular formula is C10H15NO2. The van der Waals surface area contributed by atoms with E-state index in [9.17, 15) is 5.11 Å². The summed E-state index contributed by atoms with van der Waals surface area (Å²) in [4.78, 5) is 0. The number of aryl methyl sites for hydroxylation is 1. The van der Waals surface area contributed by atoms with Crippen LogP contribution in [0, 0.1) is 6.92 Å². The van der Waals surface area contributed by atoms with E-state index in [1.54, 1.807) is 0 Å². The Morgan fingerprint density at radius 3 is 2.69 bits per heavy atom. The lowest BCUT2D eigenvalue weighted by atomic mass is 10.2. The molecule has 3 heteroatoms. The minimum absolute atomic E-state index is 0.0890. The predicted molar refractivity (Wildman–Crippen MR) is 53.0 cm³/mol. The molecule has 0 bridgehead atoms. The van der Waals surface area contributed by atoms with Gasteiger partial charge in [0.25, 0.3) is 0 Å². The van der Waals surface area contributed by atoms with Gasteiger partial charge in [0.2, 0.25) is 0 Å². The number of hydrogen-bond acceptors (Lipinski definition) is 3. The molecule has 0 radical (unpaired) electrons. The Kier molecular flexibility index (Phi) is 3.01. The van der Waals surface area contributed by atoms with E-state index in [1.165, 1.54) is 6.07 Å². The monoisotopic (exact) mass is 181 g/mol. The van der Waals surface area contributed by atoms with Gasteiger partial charge in [0.1, 0.15) is 11.5 Å². The van der Waals surface area contributed by atoms with Crippen molar-refractivity contribution in [3.8, 4) is 11.5 Å². The lowest BCUT2D eigenvalue weighted by Crippen LogP contribution is -1.97. The van der Waals surface area contributed by atoms with Crippen LogP contribution in [0.25, 0.3) is 0 Å². The largest absolute Gasteiger partial charge is 0.506 e. The minimum Gasteiger partial charge on any atom is -0.506 e. The van der Waals surface area contributed by atoms with Crippen LogP contribution in [0.1, 0.15) is 18.9 Å². The van der Waals surface area contributed by atoms with Gasteiger partial charge in [-0.05, 0) is 25.0 Å². The fourth-order valence-electron chi connectivity index (χ4n) is 1.05. The standard InChI is InChI=1S/C10H15NO2/c1-3-4-13-8-5-7(2)10(11)9(12)6-8/h5-6,12H,3-4,11H2,1-2H3. The van der Waals surface area contributed by atoms with Crippen LogP contribution >= 0.6 is 0 Å². The Balaban J connectivity index is 2.86. The first-order valence-electron chi connectivity index (χ1n) is 4.37. The molecule has 0 fully saturated rings. The molecule has 0 spiro atoms. The summed E-state index contributed by atoms with van der Waals surface area (Å²) in [5, 5.41) is 9.38. The van der Waals surface area contributed by atoms with Gasteiger partial charge in [-0.25, -0.2) is 0 Å². The normalized spacial score (nSPS) is 10.0. The van der Waals surface area contributed by atoms with Crippen molar-refractivity contribution in [1.82, 2.24) is 0 Å². The Bertz CT molecular complexity index is 274. The molecule has 13 heavy (non-hydrogen) atoms. The second-order valence-electron chi connectivity index (χ2n) is 3.02. The highest BCUT2D eigenvalue weighted by Gasteiger charge is 2.03. The number of anilines is 1. The molecule has 0 atom stereocenters. The number of hydrogen-bond donors (Lipinski definition) is 2. The molecule has 0 unspecified atom stereocenters. The van der Waals surface area contributed by atoms with Crippen LogP contribution in [0.2, 0.25) is 0 Å². The van der Waals surface area contributed by atoms with Crippen molar-refractivity contribution in [2.75, 3.05) is 12.3 Å². The first kappa shape index (κ1) is 9.71. The first-order valence-corrected chi connectivity index (χ1v) is 4.37. The second kappa shape index (κ2) is 4.03. The summed E-state index contributed by atoms with van der Waals surface area (Å²) in [6.45, 7) is 4.53. The third kappa shape index (κ3) is 2.28. The zero-order chi connectivity index (χ0) is 9.84. The highest BCUT2D eigenvalue weighted by Crippen LogP contribution is 2.29. The maximum Gasteiger partial charge on any atom is 0.142 e. The number of benzene rings is 1. The van der Waals surface area contributed by atoms with Crippen molar-refractivity contribution >= 4 is 5.69 Å². The van der Waals surface area contributed by atoms with E-state index < -0.39 is 0 Å². The number of nitrogen functional groups attached to an aromatic ring is 1. The van der Waals surface area contributed by atoms with Crippen molar-refractivity contribution in [3.63, 3.8) is 0 Å². The Morgan fingerprint density at radius 2 is 2.15 bits per heavy atom. The molecule has 0 amide bonds. The summed E-state index contributed by atoms with van der Waals surface area (Å²) in [6.07, 6.45) is 0.949. The van der Waals surface area contributed by atoms with E-state index >= 15 is 0 Å². The van der Waals surface area contributed by atoms with Crippen molar-refractivity contribution < 1.29 is 9.84 Å². The van der Waals surface area contributed by atoms with E-state index in [-0.39, 0.29) is 5.75 Å². The highest BCUT2D eigenvalue weighted by molar-refractivity contribution is 5.60. The zero-order valence-electron chi connectivity index (χ0n) is 8.00. The smallest absolute Gasteiger partial charge is 0.142 e. The lowest BCUT2D eigenvalue weighted by molar-refractivity contribution is 0.315. The van der Waals surface area contributed by atoms with E-state index in [0.717, 1.165) is 12.0 Å². The summed E-state index contributed by atoms with van der Waals surface area (Å²) in [5.41, 5.74) is 6.83. The quantitative estimate of drug-likeness (QED) is 0.554. The molecule has 0 heterocycles. The van der Waals surface area contributed by atoms with Gasteiger partial charge in [-0.2, -0.15) is 0 Å². The van der Waals surface area contributed by atoms with Crippen LogP contribution in [0.4, 0.5) is 5.69 Å². The Hall–Kier alpha value is -1.38. The van der Waals surface area contributed by atoms with Crippen LogP contribution in [0.5, 0.6) is 11.5 Å². The van der Waals surface area contributed by atoms with Gasteiger partial charge in [-0.3, -0.25) is 0 Å². The van der Waals surface area contributed by atoms with Crippen molar-refractivity contribution in [1.29, 1.82) is 0 Å². The molecule has 0 aliphatic heterocycles. The summed E-state index contributed by atoms with van der Waals surface area (Å²) in [5.74, 6) is 0.761. The van der Waals surface area contributed by atoms with Gasteiger partial charge in [0.05, 0.1) is 12.3 Å². The van der Waals surface area contributed by atoms with Crippen LogP contribution in [0.15, 0.2) is 12.1 Å². The van der Waals surface area contributed by atoms with Gasteiger partial charge >= 0.3 is 0 Å². The molecule has 3 N–H and O–H groups in total. The number of phenols is 1. The summed E-state index contributed by atoms with van der Waals surface area (Å²) in [7, 11) is 0. The van der Waals surface area contributed by atoms with Gasteiger partial charge in [-0.1, -0.05) is 6.92 Å². The number of aromatic hydroxyl groups is 1. The van der Waals surface area contributed by atoms with Gasteiger partial charge < -0.3 is 15.6 Å². The Labute approximate surface area is 78.1 Å². The molecule has 3 nitrogen and oxygen atoms in total. The summed E-state index contributed by atoms with van der Waals surface area (Å²) < 4.78 is 5.36. The fraction of sp³-hybridized carbons (Fsp3) is 0.400. The molecule has 0 saturated heterocycles. The summed E-state index contributed by atoms with van der Waals surface area (Å²) >= 11 is 0. The SMILES string of the molecule is CCCOc1cc(C)c(N)c(O)c1. The molecule has 0 aliphatic carbocycles. The average molecular weight is 181 g/mol. The fourth-order valence-corrected chi connectivity index (χ4v) is 1.05. The third-order valence-corrected chi connectivity index (χ3v) is 1.81. The van der Waals surface area contributed by atoms with Crippen LogP contribution in [-0.2, 0) is 0 Å². The van der Waals surface area contributed by atoms with Gasteiger partial charge in [0.15, 0.2) is 0 Å². The van der Waals surface area contributed by atoms with E-state index in [1.807, 2.05) is 19.9 Å². The van der Waals surface area contributed by atoms with E-state index in [4.69, 9.17) is 10.5 Å². The molecule has 1 rings (SSSR count). The van der Waals surface area contributed by atoms with E-state index in [0.29, 0.717) is 18.0 Å². The van der Waals surface area contributed by atoms with Crippen LogP contribution in [-0.4, -0.2) is 11.7 Å². The Morgan fingerprint density at radius 1 is 1.46 bits per heavy atom. The molecular weight excluding hydrogens is 166 g/mol. The summed E-state index contributed by atoms with van der Waals surface area (Å²) in [6, 6.07) is 3.36. The number of rotatable bonds is 3. The van der Waals surface area contributed by atoms with Crippen molar-refractivity contribution in [3.05, 3.63) is 17.7 Å². The molecule has 1 aromatic carbocycles. The average Bonchev–Trinajstić information content (AvgIpc) is 2.10. The van der Waals surface area contributed by atoms with Crippen molar-refractivity contribution in [2.24, 2.45) is 0 Å². The minimum atomic E-state index is 0.0890. The first-order chi connectivity index (χ1) is 6.15.